The first-order valence-electron chi connectivity index (χ1n) is 7.53. The van der Waals surface area contributed by atoms with Gasteiger partial charge >= 0.3 is 0 Å². The van der Waals surface area contributed by atoms with Crippen molar-refractivity contribution in [1.82, 2.24) is 4.90 Å². The monoisotopic (exact) mass is 288 g/mol. The van der Waals surface area contributed by atoms with E-state index in [1.807, 2.05) is 24.3 Å². The number of ether oxygens (including phenoxy) is 2. The van der Waals surface area contributed by atoms with E-state index in [1.165, 1.54) is 0 Å². The molecule has 0 spiro atoms. The van der Waals surface area contributed by atoms with Crippen molar-refractivity contribution >= 4 is 0 Å². The summed E-state index contributed by atoms with van der Waals surface area (Å²) in [6.07, 6.45) is 1.40. The van der Waals surface area contributed by atoms with E-state index in [2.05, 4.69) is 23.7 Å². The Morgan fingerprint density at radius 3 is 3.24 bits per heavy atom. The minimum Gasteiger partial charge on any atom is -0.492 e. The smallest absolute Gasteiger partial charge is 0.120 e. The molecule has 0 saturated carbocycles. The zero-order valence-electron chi connectivity index (χ0n) is 12.7. The van der Waals surface area contributed by atoms with Crippen LogP contribution in [0.25, 0.3) is 0 Å². The van der Waals surface area contributed by atoms with Gasteiger partial charge in [-0.1, -0.05) is 17.9 Å². The third-order valence-corrected chi connectivity index (χ3v) is 3.38. The second-order valence-electron chi connectivity index (χ2n) is 5.22. The lowest BCUT2D eigenvalue weighted by Crippen LogP contribution is -2.33. The molecule has 1 aromatic rings. The molecule has 0 aromatic heterocycles. The van der Waals surface area contributed by atoms with Crippen LogP contribution in [0.4, 0.5) is 0 Å². The molecule has 2 N–H and O–H groups in total. The van der Waals surface area contributed by atoms with Gasteiger partial charge in [-0.05, 0) is 31.5 Å². The third-order valence-electron chi connectivity index (χ3n) is 3.38. The predicted octanol–water partition coefficient (Wildman–Crippen LogP) is 1.49. The molecule has 2 rings (SSSR count). The van der Waals surface area contributed by atoms with Crippen molar-refractivity contribution in [3.8, 4) is 17.6 Å². The van der Waals surface area contributed by atoms with Crippen LogP contribution in [-0.4, -0.2) is 50.4 Å². The second-order valence-corrected chi connectivity index (χ2v) is 5.22. The maximum absolute atomic E-state index is 5.82. The Kier molecular flexibility index (Phi) is 6.55. The summed E-state index contributed by atoms with van der Waals surface area (Å²) in [4.78, 5) is 2.40. The van der Waals surface area contributed by atoms with Crippen LogP contribution in [0, 0.1) is 11.8 Å². The van der Waals surface area contributed by atoms with Crippen LogP contribution in [0.1, 0.15) is 18.9 Å². The highest BCUT2D eigenvalue weighted by atomic mass is 16.5. The van der Waals surface area contributed by atoms with Crippen LogP contribution in [0.3, 0.4) is 0 Å². The SMILES string of the molecule is CC1CN(CCOc2cccc(C#CCN)c2)CCCO1. The Balaban J connectivity index is 1.80. The fourth-order valence-electron chi connectivity index (χ4n) is 2.39. The normalized spacial score (nSPS) is 19.4. The van der Waals surface area contributed by atoms with Crippen LogP contribution >= 0.6 is 0 Å². The van der Waals surface area contributed by atoms with Gasteiger partial charge in [-0.2, -0.15) is 0 Å². The Morgan fingerprint density at radius 1 is 1.48 bits per heavy atom. The molecule has 0 amide bonds. The molecule has 0 bridgehead atoms. The van der Waals surface area contributed by atoms with Gasteiger partial charge < -0.3 is 15.2 Å². The molecule has 1 heterocycles. The first kappa shape index (κ1) is 15.8. The predicted molar refractivity (Wildman–Crippen MR) is 84.3 cm³/mol. The van der Waals surface area contributed by atoms with Crippen molar-refractivity contribution in [2.24, 2.45) is 5.73 Å². The molecule has 1 aliphatic rings. The van der Waals surface area contributed by atoms with E-state index in [9.17, 15) is 0 Å². The number of rotatable bonds is 4. The van der Waals surface area contributed by atoms with Gasteiger partial charge in [-0.25, -0.2) is 0 Å². The molecule has 1 atom stereocenters. The first-order valence-corrected chi connectivity index (χ1v) is 7.53. The van der Waals surface area contributed by atoms with Gasteiger partial charge in [-0.3, -0.25) is 4.90 Å². The number of nitrogens with zero attached hydrogens (tertiary/aromatic N) is 1. The highest BCUT2D eigenvalue weighted by Gasteiger charge is 2.14. The quantitative estimate of drug-likeness (QED) is 0.853. The van der Waals surface area contributed by atoms with Crippen molar-refractivity contribution in [2.45, 2.75) is 19.4 Å². The van der Waals surface area contributed by atoms with Crippen LogP contribution < -0.4 is 10.5 Å². The van der Waals surface area contributed by atoms with Crippen LogP contribution in [0.15, 0.2) is 24.3 Å². The Hall–Kier alpha value is -1.54. The summed E-state index contributed by atoms with van der Waals surface area (Å²) in [5.41, 5.74) is 6.32. The highest BCUT2D eigenvalue weighted by Crippen LogP contribution is 2.13. The summed E-state index contributed by atoms with van der Waals surface area (Å²) in [6.45, 7) is 7.02. The zero-order chi connectivity index (χ0) is 14.9. The van der Waals surface area contributed by atoms with Gasteiger partial charge in [0.05, 0.1) is 12.6 Å². The van der Waals surface area contributed by atoms with Crippen molar-refractivity contribution in [3.05, 3.63) is 29.8 Å². The van der Waals surface area contributed by atoms with Crippen molar-refractivity contribution < 1.29 is 9.47 Å². The first-order chi connectivity index (χ1) is 10.3. The molecule has 0 aliphatic carbocycles. The standard InChI is InChI=1S/C17H24N2O2/c1-15-14-19(9-4-11-20-15)10-12-21-17-7-2-5-16(13-17)6-3-8-18/h2,5,7,13,15H,4,8-12,14,18H2,1H3. The summed E-state index contributed by atoms with van der Waals surface area (Å²) in [6, 6.07) is 7.83. The summed E-state index contributed by atoms with van der Waals surface area (Å²) >= 11 is 0. The van der Waals surface area contributed by atoms with Crippen molar-refractivity contribution in [3.63, 3.8) is 0 Å². The number of hydrogen-bond acceptors (Lipinski definition) is 4. The lowest BCUT2D eigenvalue weighted by atomic mass is 10.2. The van der Waals surface area contributed by atoms with E-state index < -0.39 is 0 Å². The molecule has 1 saturated heterocycles. The van der Waals surface area contributed by atoms with Gasteiger partial charge in [0, 0.05) is 31.8 Å². The molecule has 0 radical (unpaired) electrons. The van der Waals surface area contributed by atoms with Gasteiger partial charge in [-0.15, -0.1) is 0 Å². The summed E-state index contributed by atoms with van der Waals surface area (Å²) in [5.74, 6) is 6.73. The van der Waals surface area contributed by atoms with E-state index >= 15 is 0 Å². The summed E-state index contributed by atoms with van der Waals surface area (Å²) in [5, 5.41) is 0. The van der Waals surface area contributed by atoms with E-state index in [0.717, 1.165) is 44.0 Å². The Morgan fingerprint density at radius 2 is 2.38 bits per heavy atom. The fourth-order valence-corrected chi connectivity index (χ4v) is 2.39. The highest BCUT2D eigenvalue weighted by molar-refractivity contribution is 5.39. The number of hydrogen-bond donors (Lipinski definition) is 1. The third kappa shape index (κ3) is 5.76. The lowest BCUT2D eigenvalue weighted by molar-refractivity contribution is 0.0658. The lowest BCUT2D eigenvalue weighted by Gasteiger charge is -2.21. The second kappa shape index (κ2) is 8.68. The maximum atomic E-state index is 5.82. The van der Waals surface area contributed by atoms with E-state index in [1.54, 1.807) is 0 Å². The van der Waals surface area contributed by atoms with Gasteiger partial charge in [0.15, 0.2) is 0 Å². The molecule has 1 aromatic carbocycles. The van der Waals surface area contributed by atoms with Crippen LogP contribution in [-0.2, 0) is 4.74 Å². The van der Waals surface area contributed by atoms with Crippen molar-refractivity contribution in [1.29, 1.82) is 0 Å². The van der Waals surface area contributed by atoms with Gasteiger partial charge in [0.25, 0.3) is 0 Å². The van der Waals surface area contributed by atoms with Crippen LogP contribution in [0.2, 0.25) is 0 Å². The molecule has 114 valence electrons. The van der Waals surface area contributed by atoms with Crippen molar-refractivity contribution in [2.75, 3.05) is 39.4 Å². The topological polar surface area (TPSA) is 47.7 Å². The largest absolute Gasteiger partial charge is 0.492 e. The Bertz CT molecular complexity index is 493. The molecule has 1 fully saturated rings. The summed E-state index contributed by atoms with van der Waals surface area (Å²) < 4.78 is 11.5. The van der Waals surface area contributed by atoms with Gasteiger partial charge in [0.1, 0.15) is 12.4 Å². The molecular formula is C17H24N2O2. The maximum Gasteiger partial charge on any atom is 0.120 e. The van der Waals surface area contributed by atoms with Crippen LogP contribution in [0.5, 0.6) is 5.75 Å². The zero-order valence-corrected chi connectivity index (χ0v) is 12.7. The number of benzene rings is 1. The molecule has 4 nitrogen and oxygen atoms in total. The van der Waals surface area contributed by atoms with E-state index in [-0.39, 0.29) is 0 Å². The van der Waals surface area contributed by atoms with Gasteiger partial charge in [0.2, 0.25) is 0 Å². The minimum atomic E-state index is 0.308. The van der Waals surface area contributed by atoms with E-state index in [4.69, 9.17) is 15.2 Å². The average Bonchev–Trinajstić information content (AvgIpc) is 2.70. The molecule has 21 heavy (non-hydrogen) atoms. The Labute approximate surface area is 127 Å². The number of nitrogens with two attached hydrogens (primary N) is 1. The minimum absolute atomic E-state index is 0.308. The fraction of sp³-hybridized carbons (Fsp3) is 0.529. The molecular weight excluding hydrogens is 264 g/mol. The molecule has 1 aliphatic heterocycles. The average molecular weight is 288 g/mol. The molecule has 1 unspecified atom stereocenters. The summed E-state index contributed by atoms with van der Waals surface area (Å²) in [7, 11) is 0. The molecule has 4 heteroatoms. The van der Waals surface area contributed by atoms with E-state index in [0.29, 0.717) is 19.3 Å².